The van der Waals surface area contributed by atoms with Crippen molar-refractivity contribution in [2.45, 2.75) is 90.4 Å². The van der Waals surface area contributed by atoms with Crippen LogP contribution in [0.1, 0.15) is 89.0 Å². The molecule has 4 heterocycles. The van der Waals surface area contributed by atoms with Gasteiger partial charge in [-0.2, -0.15) is 0 Å². The number of hydrogen-bond acceptors (Lipinski definition) is 7. The fourth-order valence-electron chi connectivity index (χ4n) is 9.62. The number of alkyl carbamates (subject to hydrolysis) is 1. The molecule has 3 N–H and O–H groups in total. The van der Waals surface area contributed by atoms with E-state index < -0.39 is 12.1 Å². The van der Waals surface area contributed by atoms with Crippen molar-refractivity contribution in [2.75, 3.05) is 13.7 Å². The highest BCUT2D eigenvalue weighted by molar-refractivity contribution is 5.86. The monoisotopic (exact) mass is 782 g/mol. The number of carbonyl (C=O) groups is 3. The lowest BCUT2D eigenvalue weighted by Crippen LogP contribution is -2.51. The number of aromatic amines is 2. The van der Waals surface area contributed by atoms with E-state index in [1.807, 2.05) is 54.4 Å². The molecule has 3 aliphatic rings. The minimum absolute atomic E-state index is 0.0727. The number of fused-ring (bicyclic) bond motifs is 2. The number of benzene rings is 2. The third-order valence-electron chi connectivity index (χ3n) is 12.7. The quantitative estimate of drug-likeness (QED) is 0.116. The first-order valence-corrected chi connectivity index (χ1v) is 20.7. The Morgan fingerprint density at radius 3 is 2.05 bits per heavy atom. The second kappa shape index (κ2) is 16.6. The predicted octanol–water partition coefficient (Wildman–Crippen LogP) is 8.14. The summed E-state index contributed by atoms with van der Waals surface area (Å²) < 4.78 is 4.77. The van der Waals surface area contributed by atoms with Crippen molar-refractivity contribution < 1.29 is 19.1 Å². The smallest absolute Gasteiger partial charge is 0.407 e. The highest BCUT2D eigenvalue weighted by Gasteiger charge is 2.53. The number of imidazole rings is 2. The molecular weight excluding hydrogens is 729 g/mol. The third kappa shape index (κ3) is 7.76. The minimum atomic E-state index is -0.678. The van der Waals surface area contributed by atoms with Gasteiger partial charge in [-0.1, -0.05) is 68.4 Å². The maximum atomic E-state index is 14.3. The van der Waals surface area contributed by atoms with Gasteiger partial charge in [-0.3, -0.25) is 14.6 Å². The normalized spacial score (nSPS) is 21.8. The van der Waals surface area contributed by atoms with Crippen LogP contribution in [-0.4, -0.2) is 78.4 Å². The molecule has 12 nitrogen and oxygen atoms in total. The molecule has 2 saturated carbocycles. The lowest BCUT2D eigenvalue weighted by Gasteiger charge is -2.35. The van der Waals surface area contributed by atoms with Crippen LogP contribution in [0.4, 0.5) is 4.79 Å². The number of nitrogens with zero attached hydrogens (tertiary/aromatic N) is 5. The van der Waals surface area contributed by atoms with E-state index in [9.17, 15) is 14.4 Å². The van der Waals surface area contributed by atoms with Crippen molar-refractivity contribution in [3.05, 3.63) is 103 Å². The van der Waals surface area contributed by atoms with Crippen molar-refractivity contribution in [1.82, 2.24) is 40.0 Å². The largest absolute Gasteiger partial charge is 0.453 e. The summed E-state index contributed by atoms with van der Waals surface area (Å²) in [5.41, 5.74) is 7.13. The number of carbonyl (C=O) groups excluding carboxylic acids is 3. The van der Waals surface area contributed by atoms with Crippen molar-refractivity contribution in [1.29, 1.82) is 0 Å². The Morgan fingerprint density at radius 1 is 0.828 bits per heavy atom. The van der Waals surface area contributed by atoms with Crippen LogP contribution < -0.4 is 5.32 Å². The van der Waals surface area contributed by atoms with Crippen LogP contribution in [0, 0.1) is 23.7 Å². The zero-order valence-corrected chi connectivity index (χ0v) is 34.0. The van der Waals surface area contributed by atoms with Crippen molar-refractivity contribution in [2.24, 2.45) is 23.7 Å². The van der Waals surface area contributed by atoms with E-state index in [-0.39, 0.29) is 41.7 Å². The summed E-state index contributed by atoms with van der Waals surface area (Å²) in [4.78, 5) is 64.7. The Hall–Kier alpha value is -5.78. The fraction of sp³-hybridized carbons (Fsp3) is 0.435. The van der Waals surface area contributed by atoms with E-state index in [0.717, 1.165) is 83.0 Å². The van der Waals surface area contributed by atoms with Gasteiger partial charge in [-0.15, -0.1) is 0 Å². The Balaban J connectivity index is 0.935. The van der Waals surface area contributed by atoms with E-state index in [0.29, 0.717) is 24.9 Å². The Morgan fingerprint density at radius 2 is 1.45 bits per heavy atom. The molecule has 2 bridgehead atoms. The average Bonchev–Trinajstić information content (AvgIpc) is 4.10. The van der Waals surface area contributed by atoms with Gasteiger partial charge in [0.1, 0.15) is 17.7 Å². The first-order chi connectivity index (χ1) is 28.1. The lowest BCUT2D eigenvalue weighted by molar-refractivity contribution is -0.140. The molecule has 58 heavy (non-hydrogen) atoms. The molecule has 8 rings (SSSR count). The van der Waals surface area contributed by atoms with Gasteiger partial charge >= 0.3 is 6.09 Å². The fourth-order valence-corrected chi connectivity index (χ4v) is 9.62. The van der Waals surface area contributed by atoms with E-state index >= 15 is 0 Å². The molecule has 1 aliphatic heterocycles. The number of ether oxygens (including phenoxy) is 1. The molecule has 6 atom stereocenters. The van der Waals surface area contributed by atoms with Gasteiger partial charge in [0.25, 0.3) is 0 Å². The first kappa shape index (κ1) is 39.1. The molecule has 302 valence electrons. The van der Waals surface area contributed by atoms with Gasteiger partial charge in [-0.25, -0.2) is 14.8 Å². The van der Waals surface area contributed by atoms with Crippen LogP contribution in [-0.2, 0) is 20.9 Å². The zero-order chi connectivity index (χ0) is 40.5. The van der Waals surface area contributed by atoms with Gasteiger partial charge in [0.2, 0.25) is 11.8 Å². The van der Waals surface area contributed by atoms with Crippen LogP contribution in [0.2, 0.25) is 0 Å². The molecule has 3 fully saturated rings. The molecule has 1 saturated heterocycles. The summed E-state index contributed by atoms with van der Waals surface area (Å²) in [6.07, 6.45) is 11.7. The molecule has 2 aromatic carbocycles. The number of aromatic nitrogens is 5. The van der Waals surface area contributed by atoms with E-state index in [2.05, 4.69) is 82.6 Å². The van der Waals surface area contributed by atoms with E-state index in [1.165, 1.54) is 7.11 Å². The number of pyridine rings is 1. The van der Waals surface area contributed by atoms with Crippen LogP contribution in [0.3, 0.4) is 0 Å². The second-order valence-electron chi connectivity index (χ2n) is 16.9. The summed E-state index contributed by atoms with van der Waals surface area (Å²) in [6.45, 7) is 9.19. The van der Waals surface area contributed by atoms with Gasteiger partial charge in [0.05, 0.1) is 42.9 Å². The van der Waals surface area contributed by atoms with Crippen LogP contribution in [0.5, 0.6) is 0 Å². The van der Waals surface area contributed by atoms with E-state index in [1.54, 1.807) is 6.20 Å². The highest BCUT2D eigenvalue weighted by atomic mass is 16.5. The Labute approximate surface area is 340 Å². The standard InChI is InChI=1S/C46H54N8O4/c1-27(2)41(52-46(57)58-5)45(56)53-21-7-9-38(53)42-48-24-36(50-42)32-14-10-30(11-15-32)31-12-16-33(17-13-31)37-25-49-43(51-37)39-34-18-19-35(22-34)40(39)44(55)54(28(3)4)26-29-8-6-20-47-23-29/h6,8,10-17,20,23-25,27-28,34-35,38-41H,7,9,18-19,21-22,26H2,1-5H3,(H,48,50)(H,49,51)(H,52,57)/t34-,35+,38-,39+,40+,41?/m0/s1. The van der Waals surface area contributed by atoms with Gasteiger partial charge in [-0.05, 0) is 97.6 Å². The van der Waals surface area contributed by atoms with Crippen LogP contribution in [0.15, 0.2) is 85.5 Å². The first-order valence-electron chi connectivity index (χ1n) is 20.7. The topological polar surface area (TPSA) is 149 Å². The van der Waals surface area contributed by atoms with Gasteiger partial charge in [0, 0.05) is 37.4 Å². The molecule has 2 aliphatic carbocycles. The Bertz CT molecular complexity index is 2210. The highest BCUT2D eigenvalue weighted by Crippen LogP contribution is 2.57. The SMILES string of the molecule is COC(=O)NC(C(=O)N1CCC[C@H]1c1ncc(-c2ccc(-c3ccc(-c4cnc([C@@H]5[C@H]6CC[C@H](C6)[C@H]5C(=O)N(Cc5cccnc5)C(C)C)[nH]4)cc3)cc2)[nH]1)C(C)C. The number of H-pyrrole nitrogens is 2. The number of methoxy groups -OCH3 is 1. The van der Waals surface area contributed by atoms with Crippen molar-refractivity contribution in [3.63, 3.8) is 0 Å². The van der Waals surface area contributed by atoms with Crippen molar-refractivity contribution in [3.8, 4) is 33.6 Å². The average molecular weight is 783 g/mol. The minimum Gasteiger partial charge on any atom is -0.453 e. The molecule has 0 spiro atoms. The maximum absolute atomic E-state index is 14.3. The van der Waals surface area contributed by atoms with Crippen molar-refractivity contribution >= 4 is 17.9 Å². The van der Waals surface area contributed by atoms with Gasteiger partial charge in [0.15, 0.2) is 0 Å². The summed E-state index contributed by atoms with van der Waals surface area (Å²) >= 11 is 0. The van der Waals surface area contributed by atoms with Crippen LogP contribution in [0.25, 0.3) is 33.6 Å². The van der Waals surface area contributed by atoms with Gasteiger partial charge < -0.3 is 29.8 Å². The molecule has 0 radical (unpaired) electrons. The number of amides is 3. The maximum Gasteiger partial charge on any atom is 0.407 e. The number of likely N-dealkylation sites (tertiary alicyclic amines) is 1. The Kier molecular flexibility index (Phi) is 11.2. The molecule has 5 aromatic rings. The number of hydrogen-bond donors (Lipinski definition) is 3. The van der Waals surface area contributed by atoms with E-state index in [4.69, 9.17) is 14.7 Å². The number of nitrogens with one attached hydrogen (secondary N) is 3. The molecule has 12 heteroatoms. The second-order valence-corrected chi connectivity index (χ2v) is 16.9. The van der Waals surface area contributed by atoms with Crippen LogP contribution >= 0.6 is 0 Å². The number of rotatable bonds is 12. The lowest BCUT2D eigenvalue weighted by atomic mass is 9.77. The summed E-state index contributed by atoms with van der Waals surface area (Å²) in [5, 5.41) is 2.71. The molecular formula is C46H54N8O4. The molecule has 3 amide bonds. The third-order valence-corrected chi connectivity index (χ3v) is 12.7. The summed E-state index contributed by atoms with van der Waals surface area (Å²) in [5.74, 6) is 2.54. The molecule has 3 aromatic heterocycles. The zero-order valence-electron chi connectivity index (χ0n) is 34.0. The predicted molar refractivity (Wildman–Crippen MR) is 222 cm³/mol. The summed E-state index contributed by atoms with van der Waals surface area (Å²) in [6, 6.07) is 20.1. The molecule has 1 unspecified atom stereocenters. The summed E-state index contributed by atoms with van der Waals surface area (Å²) in [7, 11) is 1.30.